The first-order valence-corrected chi connectivity index (χ1v) is 11.6. The second kappa shape index (κ2) is 8.41. The van der Waals surface area contributed by atoms with Crippen molar-refractivity contribution in [3.05, 3.63) is 51.3 Å². The number of amides is 1. The maximum atomic E-state index is 14.9. The van der Waals surface area contributed by atoms with Crippen LogP contribution in [0.25, 0.3) is 22.2 Å². The fourth-order valence-electron chi connectivity index (χ4n) is 4.89. The molecule has 0 unspecified atom stereocenters. The van der Waals surface area contributed by atoms with E-state index in [1.54, 1.807) is 32.2 Å². The molecule has 0 spiro atoms. The number of aryl methyl sites for hydroxylation is 1. The number of pyridine rings is 1. The van der Waals surface area contributed by atoms with Crippen molar-refractivity contribution in [1.82, 2.24) is 19.4 Å². The zero-order valence-electron chi connectivity index (χ0n) is 18.6. The average molecular weight is 470 g/mol. The van der Waals surface area contributed by atoms with Gasteiger partial charge in [-0.15, -0.1) is 0 Å². The number of carbonyl (C=O) groups is 1. The van der Waals surface area contributed by atoms with E-state index in [0.717, 1.165) is 32.4 Å². The number of halogens is 2. The minimum absolute atomic E-state index is 0.125. The highest BCUT2D eigenvalue weighted by Crippen LogP contribution is 2.32. The Morgan fingerprint density at radius 2 is 1.94 bits per heavy atom. The Labute approximate surface area is 195 Å². The summed E-state index contributed by atoms with van der Waals surface area (Å²) in [5, 5.41) is 0.545. The van der Waals surface area contributed by atoms with Crippen molar-refractivity contribution in [3.8, 4) is 11.3 Å². The van der Waals surface area contributed by atoms with Gasteiger partial charge < -0.3 is 9.80 Å². The largest absolute Gasteiger partial charge is 0.354 e. The molecule has 0 aliphatic carbocycles. The van der Waals surface area contributed by atoms with Gasteiger partial charge in [-0.3, -0.25) is 14.2 Å². The first kappa shape index (κ1) is 21.8. The summed E-state index contributed by atoms with van der Waals surface area (Å²) in [7, 11) is 1.64. The molecule has 2 aliphatic heterocycles. The van der Waals surface area contributed by atoms with E-state index in [-0.39, 0.29) is 39.2 Å². The highest BCUT2D eigenvalue weighted by Gasteiger charge is 2.32. The van der Waals surface area contributed by atoms with Gasteiger partial charge in [-0.2, -0.15) is 0 Å². The van der Waals surface area contributed by atoms with E-state index >= 15 is 0 Å². The molecular weight excluding hydrogens is 445 g/mol. The number of benzene rings is 1. The zero-order valence-corrected chi connectivity index (χ0v) is 19.4. The molecule has 1 amide bonds. The van der Waals surface area contributed by atoms with Crippen LogP contribution in [0.2, 0.25) is 5.02 Å². The van der Waals surface area contributed by atoms with Crippen molar-refractivity contribution in [2.75, 3.05) is 24.5 Å². The summed E-state index contributed by atoms with van der Waals surface area (Å²) < 4.78 is 16.4. The molecule has 7 nitrogen and oxygen atoms in total. The zero-order chi connectivity index (χ0) is 23.3. The SMILES string of the molecule is Cc1nc2cc(N3CCC[C@H](N4CCCC4=O)C3)nc(-c3ccc(Cl)cc3F)c2c(=O)n1C. The number of hydrogen-bond acceptors (Lipinski definition) is 5. The molecule has 4 heterocycles. The number of rotatable bonds is 3. The minimum Gasteiger partial charge on any atom is -0.354 e. The first-order valence-electron chi connectivity index (χ1n) is 11.2. The molecule has 1 aromatic carbocycles. The van der Waals surface area contributed by atoms with Crippen molar-refractivity contribution in [3.63, 3.8) is 0 Å². The molecule has 2 aromatic heterocycles. The van der Waals surface area contributed by atoms with E-state index in [2.05, 4.69) is 9.88 Å². The third kappa shape index (κ3) is 3.86. The van der Waals surface area contributed by atoms with Gasteiger partial charge in [0.05, 0.1) is 16.6 Å². The van der Waals surface area contributed by atoms with E-state index in [1.807, 2.05) is 4.90 Å². The number of nitrogens with zero attached hydrogens (tertiary/aromatic N) is 5. The number of carbonyl (C=O) groups excluding carboxylic acids is 1. The predicted molar refractivity (Wildman–Crippen MR) is 126 cm³/mol. The number of hydrogen-bond donors (Lipinski definition) is 0. The van der Waals surface area contributed by atoms with Gasteiger partial charge in [0, 0.05) is 55.8 Å². The quantitative estimate of drug-likeness (QED) is 0.585. The van der Waals surface area contributed by atoms with Crippen molar-refractivity contribution in [2.45, 2.75) is 38.6 Å². The number of piperidine rings is 1. The van der Waals surface area contributed by atoms with Gasteiger partial charge in [0.1, 0.15) is 17.5 Å². The molecule has 0 saturated carbocycles. The van der Waals surface area contributed by atoms with E-state index in [9.17, 15) is 14.0 Å². The molecule has 0 bridgehead atoms. The summed E-state index contributed by atoms with van der Waals surface area (Å²) in [6.45, 7) is 3.97. The van der Waals surface area contributed by atoms with Crippen LogP contribution in [0.5, 0.6) is 0 Å². The van der Waals surface area contributed by atoms with E-state index in [1.165, 1.54) is 10.6 Å². The second-order valence-corrected chi connectivity index (χ2v) is 9.24. The number of aromatic nitrogens is 3. The van der Waals surface area contributed by atoms with E-state index in [4.69, 9.17) is 16.6 Å². The summed E-state index contributed by atoms with van der Waals surface area (Å²) in [6, 6.07) is 6.28. The lowest BCUT2D eigenvalue weighted by molar-refractivity contribution is -0.129. The van der Waals surface area contributed by atoms with Crippen LogP contribution >= 0.6 is 11.6 Å². The van der Waals surface area contributed by atoms with Crippen LogP contribution in [0.1, 0.15) is 31.5 Å². The molecular formula is C24H25ClFN5O2. The van der Waals surface area contributed by atoms with Gasteiger partial charge in [-0.1, -0.05) is 11.6 Å². The fraction of sp³-hybridized carbons (Fsp3) is 0.417. The lowest BCUT2D eigenvalue weighted by Gasteiger charge is -2.38. The molecule has 0 radical (unpaired) electrons. The third-order valence-electron chi connectivity index (χ3n) is 6.73. The molecule has 3 aromatic rings. The number of fused-ring (bicyclic) bond motifs is 1. The van der Waals surface area contributed by atoms with Crippen molar-refractivity contribution in [1.29, 1.82) is 0 Å². The Hall–Kier alpha value is -3.00. The van der Waals surface area contributed by atoms with Crippen LogP contribution in [-0.2, 0) is 11.8 Å². The number of likely N-dealkylation sites (tertiary alicyclic amines) is 1. The van der Waals surface area contributed by atoms with Gasteiger partial charge in [-0.05, 0) is 44.4 Å². The Kier molecular flexibility index (Phi) is 5.56. The summed E-state index contributed by atoms with van der Waals surface area (Å²) in [4.78, 5) is 38.9. The Bertz CT molecular complexity index is 1320. The highest BCUT2D eigenvalue weighted by molar-refractivity contribution is 6.30. The number of anilines is 1. The molecule has 172 valence electrons. The maximum absolute atomic E-state index is 14.9. The summed E-state index contributed by atoms with van der Waals surface area (Å²) in [5.41, 5.74) is 0.658. The van der Waals surface area contributed by atoms with Crippen LogP contribution < -0.4 is 10.5 Å². The Morgan fingerprint density at radius 1 is 1.12 bits per heavy atom. The standard InChI is InChI=1S/C24H25ClFN5O2/c1-14-27-19-12-20(30-9-3-5-16(13-30)31-10-4-6-21(31)32)28-23(22(19)24(33)29(14)2)17-8-7-15(25)11-18(17)26/h7-8,11-12,16H,3-6,9-10,13H2,1-2H3/t16-/m0/s1. The van der Waals surface area contributed by atoms with E-state index in [0.29, 0.717) is 30.1 Å². The maximum Gasteiger partial charge on any atom is 0.263 e. The molecule has 9 heteroatoms. The topological polar surface area (TPSA) is 71.3 Å². The Balaban J connectivity index is 1.65. The van der Waals surface area contributed by atoms with Crippen LogP contribution in [0, 0.1) is 12.7 Å². The lowest BCUT2D eigenvalue weighted by atomic mass is 10.0. The fourth-order valence-corrected chi connectivity index (χ4v) is 5.05. The molecule has 2 fully saturated rings. The van der Waals surface area contributed by atoms with Crippen molar-refractivity contribution >= 4 is 34.2 Å². The van der Waals surface area contributed by atoms with Crippen molar-refractivity contribution < 1.29 is 9.18 Å². The summed E-state index contributed by atoms with van der Waals surface area (Å²) >= 11 is 5.96. The van der Waals surface area contributed by atoms with Crippen molar-refractivity contribution in [2.24, 2.45) is 7.05 Å². The van der Waals surface area contributed by atoms with Gasteiger partial charge in [-0.25, -0.2) is 14.4 Å². The molecule has 5 rings (SSSR count). The minimum atomic E-state index is -0.546. The van der Waals surface area contributed by atoms with Crippen LogP contribution in [0.3, 0.4) is 0 Å². The van der Waals surface area contributed by atoms with Gasteiger partial charge >= 0.3 is 0 Å². The lowest BCUT2D eigenvalue weighted by Crippen LogP contribution is -2.48. The molecule has 2 saturated heterocycles. The highest BCUT2D eigenvalue weighted by atomic mass is 35.5. The molecule has 33 heavy (non-hydrogen) atoms. The van der Waals surface area contributed by atoms with Gasteiger partial charge in [0.25, 0.3) is 5.56 Å². The van der Waals surface area contributed by atoms with Crippen LogP contribution in [0.15, 0.2) is 29.1 Å². The average Bonchev–Trinajstić information content (AvgIpc) is 3.23. The normalized spacial score (nSPS) is 19.0. The first-order chi connectivity index (χ1) is 15.8. The summed E-state index contributed by atoms with van der Waals surface area (Å²) in [5.74, 6) is 0.850. The molecule has 2 aliphatic rings. The summed E-state index contributed by atoms with van der Waals surface area (Å²) in [6.07, 6.45) is 3.38. The Morgan fingerprint density at radius 3 is 2.67 bits per heavy atom. The van der Waals surface area contributed by atoms with Gasteiger partial charge in [0.15, 0.2) is 0 Å². The molecule has 1 atom stereocenters. The second-order valence-electron chi connectivity index (χ2n) is 8.80. The van der Waals surface area contributed by atoms with Crippen LogP contribution in [-0.4, -0.2) is 51.0 Å². The molecule has 0 N–H and O–H groups in total. The monoisotopic (exact) mass is 469 g/mol. The smallest absolute Gasteiger partial charge is 0.263 e. The van der Waals surface area contributed by atoms with Crippen LogP contribution in [0.4, 0.5) is 10.2 Å². The third-order valence-corrected chi connectivity index (χ3v) is 6.96. The van der Waals surface area contributed by atoms with E-state index < -0.39 is 5.82 Å². The van der Waals surface area contributed by atoms with Gasteiger partial charge in [0.2, 0.25) is 5.91 Å². The predicted octanol–water partition coefficient (Wildman–Crippen LogP) is 3.69.